The molecule has 2 aliphatic carbocycles. The Morgan fingerprint density at radius 1 is 0.731 bits per heavy atom. The van der Waals surface area contributed by atoms with Gasteiger partial charge in [-0.05, 0) is 50.4 Å². The highest BCUT2D eigenvalue weighted by Gasteiger charge is 2.24. The van der Waals surface area contributed by atoms with Crippen molar-refractivity contribution < 1.29 is 25.2 Å². The third kappa shape index (κ3) is 10.4. The largest absolute Gasteiger partial charge is 0.267 e. The second-order valence-electron chi connectivity index (χ2n) is 7.17. The SMILES string of the molecule is C=C[C@@H]1CCC[C@H](OS(C)(=O)=O)C1.C=C[C@H]1CCC[C@@H](OS(C)(=O)=O)C1. The minimum Gasteiger partial charge on any atom is -0.267 e. The first kappa shape index (κ1) is 23.3. The van der Waals surface area contributed by atoms with Gasteiger partial charge in [-0.15, -0.1) is 13.2 Å². The molecule has 0 aliphatic heterocycles. The van der Waals surface area contributed by atoms with Crippen molar-refractivity contribution in [3.05, 3.63) is 25.3 Å². The van der Waals surface area contributed by atoms with E-state index >= 15 is 0 Å². The van der Waals surface area contributed by atoms with Crippen LogP contribution in [0, 0.1) is 11.8 Å². The molecule has 0 N–H and O–H groups in total. The lowest BCUT2D eigenvalue weighted by molar-refractivity contribution is 0.144. The van der Waals surface area contributed by atoms with Gasteiger partial charge in [0, 0.05) is 0 Å². The second-order valence-corrected chi connectivity index (χ2v) is 10.4. The first-order valence-corrected chi connectivity index (χ1v) is 12.7. The second kappa shape index (κ2) is 10.6. The summed E-state index contributed by atoms with van der Waals surface area (Å²) in [6, 6.07) is 0. The average molecular weight is 409 g/mol. The van der Waals surface area contributed by atoms with Crippen LogP contribution in [-0.2, 0) is 28.6 Å². The van der Waals surface area contributed by atoms with Crippen LogP contribution in [0.15, 0.2) is 25.3 Å². The fourth-order valence-corrected chi connectivity index (χ4v) is 4.80. The Labute approximate surface area is 158 Å². The van der Waals surface area contributed by atoms with Crippen molar-refractivity contribution in [1.29, 1.82) is 0 Å². The summed E-state index contributed by atoms with van der Waals surface area (Å²) in [6.07, 6.45) is 13.2. The summed E-state index contributed by atoms with van der Waals surface area (Å²) in [5.41, 5.74) is 0. The minimum atomic E-state index is -3.29. The summed E-state index contributed by atoms with van der Waals surface area (Å²) in [6.45, 7) is 7.42. The first-order chi connectivity index (χ1) is 12.0. The standard InChI is InChI=1S/2C9H16O3S/c2*1-3-8-5-4-6-9(7-8)12-13(2,10)11/h2*3,8-9H,1,4-7H2,2H3/t2*8-,9+/m10/s1. The highest BCUT2D eigenvalue weighted by atomic mass is 32.2. The molecule has 4 atom stereocenters. The lowest BCUT2D eigenvalue weighted by Crippen LogP contribution is -2.24. The molecule has 0 bridgehead atoms. The monoisotopic (exact) mass is 408 g/mol. The maximum absolute atomic E-state index is 10.8. The maximum atomic E-state index is 10.8. The average Bonchev–Trinajstić information content (AvgIpc) is 2.52. The van der Waals surface area contributed by atoms with Crippen LogP contribution in [0.3, 0.4) is 0 Å². The van der Waals surface area contributed by atoms with Crippen molar-refractivity contribution in [3.63, 3.8) is 0 Å². The topological polar surface area (TPSA) is 86.7 Å². The van der Waals surface area contributed by atoms with E-state index in [1.807, 2.05) is 12.2 Å². The van der Waals surface area contributed by atoms with E-state index in [1.165, 1.54) is 0 Å². The van der Waals surface area contributed by atoms with E-state index < -0.39 is 20.2 Å². The van der Waals surface area contributed by atoms with Gasteiger partial charge in [0.15, 0.2) is 0 Å². The van der Waals surface area contributed by atoms with Crippen LogP contribution in [0.25, 0.3) is 0 Å². The number of allylic oxidation sites excluding steroid dienone is 2. The van der Waals surface area contributed by atoms with Gasteiger partial charge in [0.05, 0.1) is 24.7 Å². The van der Waals surface area contributed by atoms with Crippen LogP contribution in [0.4, 0.5) is 0 Å². The zero-order valence-corrected chi connectivity index (χ0v) is 17.4. The highest BCUT2D eigenvalue weighted by Crippen LogP contribution is 2.28. The van der Waals surface area contributed by atoms with Gasteiger partial charge in [-0.2, -0.15) is 16.8 Å². The molecule has 0 spiro atoms. The van der Waals surface area contributed by atoms with Crippen LogP contribution < -0.4 is 0 Å². The van der Waals surface area contributed by atoms with Crippen molar-refractivity contribution in [2.24, 2.45) is 11.8 Å². The van der Waals surface area contributed by atoms with Gasteiger partial charge < -0.3 is 0 Å². The predicted molar refractivity (Wildman–Crippen MR) is 104 cm³/mol. The fraction of sp³-hybridized carbons (Fsp3) is 0.778. The molecular formula is C18H32O6S2. The van der Waals surface area contributed by atoms with E-state index in [-0.39, 0.29) is 12.2 Å². The molecule has 0 amide bonds. The molecule has 0 unspecified atom stereocenters. The summed E-state index contributed by atoms with van der Waals surface area (Å²) < 4.78 is 53.3. The molecule has 152 valence electrons. The Bertz CT molecular complexity index is 595. The van der Waals surface area contributed by atoms with Gasteiger partial charge in [-0.3, -0.25) is 8.37 Å². The Hall–Kier alpha value is -0.700. The van der Waals surface area contributed by atoms with Crippen LogP contribution in [0.5, 0.6) is 0 Å². The van der Waals surface area contributed by atoms with Gasteiger partial charge in [0.25, 0.3) is 20.2 Å². The fourth-order valence-electron chi connectivity index (χ4n) is 3.46. The van der Waals surface area contributed by atoms with Crippen LogP contribution in [-0.4, -0.2) is 41.6 Å². The van der Waals surface area contributed by atoms with Crippen molar-refractivity contribution in [2.75, 3.05) is 12.5 Å². The summed E-state index contributed by atoms with van der Waals surface area (Å²) in [5, 5.41) is 0. The normalized spacial score (nSPS) is 29.9. The third-order valence-corrected chi connectivity index (χ3v) is 5.87. The number of hydrogen-bond acceptors (Lipinski definition) is 6. The summed E-state index contributed by atoms with van der Waals surface area (Å²) in [5.74, 6) is 0.834. The molecule has 0 radical (unpaired) electrons. The molecule has 2 rings (SSSR count). The predicted octanol–water partition coefficient (Wildman–Crippen LogP) is 3.41. The molecule has 2 fully saturated rings. The van der Waals surface area contributed by atoms with Crippen molar-refractivity contribution >= 4 is 20.2 Å². The van der Waals surface area contributed by atoms with Crippen LogP contribution in [0.1, 0.15) is 51.4 Å². The summed E-state index contributed by atoms with van der Waals surface area (Å²) in [4.78, 5) is 0. The molecule has 2 aliphatic rings. The Kier molecular flexibility index (Phi) is 9.50. The summed E-state index contributed by atoms with van der Waals surface area (Å²) >= 11 is 0. The molecule has 0 aromatic rings. The molecule has 26 heavy (non-hydrogen) atoms. The molecule has 0 heterocycles. The lowest BCUT2D eigenvalue weighted by atomic mass is 9.87. The molecule has 2 saturated carbocycles. The molecule has 0 aromatic carbocycles. The quantitative estimate of drug-likeness (QED) is 0.494. The molecular weight excluding hydrogens is 376 g/mol. The van der Waals surface area contributed by atoms with Gasteiger partial charge >= 0.3 is 0 Å². The Balaban J connectivity index is 0.000000260. The van der Waals surface area contributed by atoms with Crippen LogP contribution in [0.2, 0.25) is 0 Å². The Morgan fingerprint density at radius 3 is 1.35 bits per heavy atom. The summed E-state index contributed by atoms with van der Waals surface area (Å²) in [7, 11) is -6.58. The third-order valence-electron chi connectivity index (χ3n) is 4.62. The van der Waals surface area contributed by atoms with Gasteiger partial charge in [0.1, 0.15) is 0 Å². The van der Waals surface area contributed by atoms with E-state index in [1.54, 1.807) is 0 Å². The maximum Gasteiger partial charge on any atom is 0.264 e. The van der Waals surface area contributed by atoms with Gasteiger partial charge in [-0.1, -0.05) is 25.0 Å². The highest BCUT2D eigenvalue weighted by molar-refractivity contribution is 7.86. The zero-order chi connectivity index (χ0) is 19.8. The molecule has 0 saturated heterocycles. The van der Waals surface area contributed by atoms with E-state index in [0.29, 0.717) is 11.8 Å². The van der Waals surface area contributed by atoms with Gasteiger partial charge in [0.2, 0.25) is 0 Å². The smallest absolute Gasteiger partial charge is 0.264 e. The van der Waals surface area contributed by atoms with E-state index in [9.17, 15) is 16.8 Å². The van der Waals surface area contributed by atoms with E-state index in [0.717, 1.165) is 63.9 Å². The molecule has 6 nitrogen and oxygen atoms in total. The first-order valence-electron chi connectivity index (χ1n) is 9.04. The van der Waals surface area contributed by atoms with Crippen LogP contribution >= 0.6 is 0 Å². The van der Waals surface area contributed by atoms with E-state index in [2.05, 4.69) is 13.2 Å². The lowest BCUT2D eigenvalue weighted by Gasteiger charge is -2.25. The minimum absolute atomic E-state index is 0.133. The number of hydrogen-bond donors (Lipinski definition) is 0. The zero-order valence-electron chi connectivity index (χ0n) is 15.8. The molecule has 8 heteroatoms. The Morgan fingerprint density at radius 2 is 1.08 bits per heavy atom. The van der Waals surface area contributed by atoms with E-state index in [4.69, 9.17) is 8.37 Å². The molecule has 0 aromatic heterocycles. The van der Waals surface area contributed by atoms with Crippen molar-refractivity contribution in [1.82, 2.24) is 0 Å². The van der Waals surface area contributed by atoms with Crippen molar-refractivity contribution in [3.8, 4) is 0 Å². The van der Waals surface area contributed by atoms with Gasteiger partial charge in [-0.25, -0.2) is 0 Å². The van der Waals surface area contributed by atoms with Crippen molar-refractivity contribution in [2.45, 2.75) is 63.6 Å². The number of rotatable bonds is 6.